The minimum Gasteiger partial charge on any atom is -0.450 e. The number of aryl methyl sites for hydroxylation is 1. The van der Waals surface area contributed by atoms with Gasteiger partial charge in [-0.2, -0.15) is 4.98 Å². The highest BCUT2D eigenvalue weighted by Gasteiger charge is 2.32. The number of amides is 1. The molecule has 0 bridgehead atoms. The molecule has 4 rings (SSSR count). The van der Waals surface area contributed by atoms with Crippen molar-refractivity contribution in [3.05, 3.63) is 52.5 Å². The van der Waals surface area contributed by atoms with E-state index >= 15 is 0 Å². The molecule has 166 valence electrons. The van der Waals surface area contributed by atoms with Gasteiger partial charge in [0.15, 0.2) is 5.75 Å². The number of hydrogen-bond acceptors (Lipinski definition) is 9. The third kappa shape index (κ3) is 4.22. The molecule has 0 aliphatic carbocycles. The van der Waals surface area contributed by atoms with E-state index in [-0.39, 0.29) is 17.4 Å². The number of fused-ring (bicyclic) bond motifs is 1. The Morgan fingerprint density at radius 2 is 1.94 bits per heavy atom. The van der Waals surface area contributed by atoms with Gasteiger partial charge in [0, 0.05) is 37.3 Å². The fourth-order valence-electron chi connectivity index (χ4n) is 3.54. The predicted octanol–water partition coefficient (Wildman–Crippen LogP) is 3.31. The summed E-state index contributed by atoms with van der Waals surface area (Å²) in [7, 11) is 0. The Kier molecular flexibility index (Phi) is 5.97. The summed E-state index contributed by atoms with van der Waals surface area (Å²) in [6, 6.07) is 9.16. The van der Waals surface area contributed by atoms with Crippen LogP contribution < -0.4 is 9.64 Å². The number of nitro groups is 1. The van der Waals surface area contributed by atoms with Crippen molar-refractivity contribution in [1.29, 1.82) is 0 Å². The molecule has 11 heteroatoms. The highest BCUT2D eigenvalue weighted by Crippen LogP contribution is 2.38. The lowest BCUT2D eigenvalue weighted by Gasteiger charge is -2.34. The number of piperazine rings is 1. The molecule has 0 radical (unpaired) electrons. The second-order valence-corrected chi connectivity index (χ2v) is 7.16. The monoisotopic (exact) mass is 438 g/mol. The lowest BCUT2D eigenvalue weighted by atomic mass is 10.2. The summed E-state index contributed by atoms with van der Waals surface area (Å²) < 4.78 is 10.9. The van der Waals surface area contributed by atoms with Gasteiger partial charge in [-0.25, -0.2) is 14.8 Å². The molecule has 11 nitrogen and oxygen atoms in total. The normalized spacial score (nSPS) is 13.8. The lowest BCUT2D eigenvalue weighted by molar-refractivity contribution is -0.385. The van der Waals surface area contributed by atoms with Crippen molar-refractivity contribution in [2.45, 2.75) is 13.8 Å². The molecule has 1 saturated heterocycles. The SMILES string of the molecule is CCOC(=O)N1CCN(c2ncnc(Oc3cccc4ccc(C)nc34)c2[N+](=O)[O-])CC1. The van der Waals surface area contributed by atoms with Crippen LogP contribution in [0.5, 0.6) is 11.6 Å². The molecule has 1 amide bonds. The summed E-state index contributed by atoms with van der Waals surface area (Å²) in [6.07, 6.45) is 0.839. The molecule has 0 saturated carbocycles. The first-order valence-electron chi connectivity index (χ1n) is 10.2. The summed E-state index contributed by atoms with van der Waals surface area (Å²) in [5.74, 6) is 0.350. The van der Waals surface area contributed by atoms with E-state index in [4.69, 9.17) is 9.47 Å². The van der Waals surface area contributed by atoms with Crippen molar-refractivity contribution in [1.82, 2.24) is 19.9 Å². The van der Waals surface area contributed by atoms with Crippen molar-refractivity contribution >= 4 is 28.5 Å². The van der Waals surface area contributed by atoms with Crippen molar-refractivity contribution in [2.75, 3.05) is 37.7 Å². The Morgan fingerprint density at radius 1 is 1.16 bits per heavy atom. The molecular formula is C21H22N6O5. The number of carbonyl (C=O) groups excluding carboxylic acids is 1. The van der Waals surface area contributed by atoms with E-state index in [1.807, 2.05) is 25.1 Å². The van der Waals surface area contributed by atoms with Crippen molar-refractivity contribution < 1.29 is 19.2 Å². The van der Waals surface area contributed by atoms with Gasteiger partial charge in [0.2, 0.25) is 5.82 Å². The molecule has 1 aliphatic rings. The average molecular weight is 438 g/mol. The zero-order chi connectivity index (χ0) is 22.7. The zero-order valence-electron chi connectivity index (χ0n) is 17.7. The third-order valence-electron chi connectivity index (χ3n) is 5.09. The van der Waals surface area contributed by atoms with E-state index in [0.717, 1.165) is 11.1 Å². The van der Waals surface area contributed by atoms with Crippen LogP contribution in [0.15, 0.2) is 36.7 Å². The zero-order valence-corrected chi connectivity index (χ0v) is 17.7. The van der Waals surface area contributed by atoms with E-state index in [1.165, 1.54) is 6.33 Å². The van der Waals surface area contributed by atoms with Crippen LogP contribution in [0.4, 0.5) is 16.3 Å². The molecule has 2 aromatic heterocycles. The Labute approximate surface area is 183 Å². The van der Waals surface area contributed by atoms with Crippen LogP contribution in [0.25, 0.3) is 10.9 Å². The molecule has 1 aromatic carbocycles. The predicted molar refractivity (Wildman–Crippen MR) is 116 cm³/mol. The van der Waals surface area contributed by atoms with Crippen molar-refractivity contribution in [3.63, 3.8) is 0 Å². The number of para-hydroxylation sites is 1. The molecule has 1 fully saturated rings. The topological polar surface area (TPSA) is 124 Å². The molecule has 3 heterocycles. The number of hydrogen-bond donors (Lipinski definition) is 0. The van der Waals surface area contributed by atoms with Gasteiger partial charge in [-0.05, 0) is 26.0 Å². The second kappa shape index (κ2) is 9.00. The fraction of sp³-hybridized carbons (Fsp3) is 0.333. The Hall–Kier alpha value is -4.02. The van der Waals surface area contributed by atoms with E-state index in [9.17, 15) is 14.9 Å². The van der Waals surface area contributed by atoms with E-state index < -0.39 is 11.0 Å². The molecule has 32 heavy (non-hydrogen) atoms. The number of anilines is 1. The first-order valence-corrected chi connectivity index (χ1v) is 10.2. The molecule has 0 unspecified atom stereocenters. The standard InChI is InChI=1S/C21H22N6O5/c1-3-31-21(28)26-11-9-25(10-12-26)19-18(27(29)30)20(23-13-22-19)32-16-6-4-5-15-8-7-14(2)24-17(15)16/h4-8,13H,3,9-12H2,1-2H3. The van der Waals surface area contributed by atoms with Crippen LogP contribution in [0.3, 0.4) is 0 Å². The van der Waals surface area contributed by atoms with Crippen LogP contribution in [0, 0.1) is 17.0 Å². The summed E-state index contributed by atoms with van der Waals surface area (Å²) in [5.41, 5.74) is 1.05. The van der Waals surface area contributed by atoms with E-state index in [0.29, 0.717) is 44.1 Å². The first-order chi connectivity index (χ1) is 15.5. The molecule has 0 atom stereocenters. The van der Waals surface area contributed by atoms with Crippen LogP contribution in [0.1, 0.15) is 12.6 Å². The number of rotatable bonds is 5. The maximum absolute atomic E-state index is 12.0. The van der Waals surface area contributed by atoms with Gasteiger partial charge in [-0.15, -0.1) is 0 Å². The van der Waals surface area contributed by atoms with Gasteiger partial charge in [-0.3, -0.25) is 10.1 Å². The van der Waals surface area contributed by atoms with Gasteiger partial charge >= 0.3 is 17.7 Å². The van der Waals surface area contributed by atoms with Crippen molar-refractivity contribution in [3.8, 4) is 11.6 Å². The maximum atomic E-state index is 12.0. The van der Waals surface area contributed by atoms with Crippen LogP contribution in [-0.4, -0.2) is 63.7 Å². The number of nitrogens with zero attached hydrogens (tertiary/aromatic N) is 6. The quantitative estimate of drug-likeness (QED) is 0.436. The van der Waals surface area contributed by atoms with Gasteiger partial charge in [0.25, 0.3) is 0 Å². The number of benzene rings is 1. The lowest BCUT2D eigenvalue weighted by Crippen LogP contribution is -2.49. The van der Waals surface area contributed by atoms with Crippen LogP contribution in [0.2, 0.25) is 0 Å². The van der Waals surface area contributed by atoms with E-state index in [1.54, 1.807) is 28.9 Å². The summed E-state index contributed by atoms with van der Waals surface area (Å²) in [5, 5.41) is 12.8. The first kappa shape index (κ1) is 21.2. The van der Waals surface area contributed by atoms with E-state index in [2.05, 4.69) is 15.0 Å². The fourth-order valence-corrected chi connectivity index (χ4v) is 3.54. The summed E-state index contributed by atoms with van der Waals surface area (Å²) in [4.78, 5) is 39.3. The van der Waals surface area contributed by atoms with Gasteiger partial charge in [0.1, 0.15) is 11.8 Å². The van der Waals surface area contributed by atoms with Crippen LogP contribution >= 0.6 is 0 Å². The molecular weight excluding hydrogens is 416 g/mol. The molecule has 0 spiro atoms. The third-order valence-corrected chi connectivity index (χ3v) is 5.09. The number of pyridine rings is 1. The largest absolute Gasteiger partial charge is 0.450 e. The van der Waals surface area contributed by atoms with Gasteiger partial charge in [0.05, 0.1) is 11.5 Å². The van der Waals surface area contributed by atoms with Gasteiger partial charge in [-0.1, -0.05) is 18.2 Å². The van der Waals surface area contributed by atoms with Crippen LogP contribution in [-0.2, 0) is 4.74 Å². The Morgan fingerprint density at radius 3 is 2.66 bits per heavy atom. The smallest absolute Gasteiger partial charge is 0.409 e. The Balaban J connectivity index is 1.64. The maximum Gasteiger partial charge on any atom is 0.409 e. The van der Waals surface area contributed by atoms with Gasteiger partial charge < -0.3 is 19.3 Å². The summed E-state index contributed by atoms with van der Waals surface area (Å²) in [6.45, 7) is 5.35. The Bertz CT molecular complexity index is 1160. The molecule has 0 N–H and O–H groups in total. The minimum absolute atomic E-state index is 0.146. The summed E-state index contributed by atoms with van der Waals surface area (Å²) >= 11 is 0. The highest BCUT2D eigenvalue weighted by molar-refractivity contribution is 5.85. The number of carbonyl (C=O) groups is 1. The number of ether oxygens (including phenoxy) is 2. The number of aromatic nitrogens is 3. The minimum atomic E-state index is -0.549. The molecule has 3 aromatic rings. The highest BCUT2D eigenvalue weighted by atomic mass is 16.6. The molecule has 1 aliphatic heterocycles. The second-order valence-electron chi connectivity index (χ2n) is 7.16. The average Bonchev–Trinajstić information content (AvgIpc) is 2.79. The van der Waals surface area contributed by atoms with Crippen molar-refractivity contribution in [2.24, 2.45) is 0 Å².